The zero-order valence-electron chi connectivity index (χ0n) is 11.7. The molecule has 1 unspecified atom stereocenters. The highest BCUT2D eigenvalue weighted by molar-refractivity contribution is 5.75. The molecule has 5 nitrogen and oxygen atoms in total. The molecule has 1 amide bonds. The highest BCUT2D eigenvalue weighted by Gasteiger charge is 2.18. The van der Waals surface area contributed by atoms with Gasteiger partial charge in [0.05, 0.1) is 0 Å². The summed E-state index contributed by atoms with van der Waals surface area (Å²) in [6.07, 6.45) is 3.48. The number of piperidine rings is 1. The minimum Gasteiger partial charge on any atom is -0.359 e. The molecule has 104 valence electrons. The standard InChI is InChI=1S/C14H22N4O/c1-10-8-12(5-6-13(19)15-2)18-14(17-10)11-4-3-7-16-9-11/h8,11,16H,3-7,9H2,1-2H3,(H,15,19). The van der Waals surface area contributed by atoms with E-state index in [0.29, 0.717) is 18.8 Å². The fraction of sp³-hybridized carbons (Fsp3) is 0.643. The van der Waals surface area contributed by atoms with E-state index in [2.05, 4.69) is 20.6 Å². The van der Waals surface area contributed by atoms with Crippen LogP contribution in [-0.4, -0.2) is 36.0 Å². The van der Waals surface area contributed by atoms with Gasteiger partial charge in [0.2, 0.25) is 5.91 Å². The average molecular weight is 262 g/mol. The summed E-state index contributed by atoms with van der Waals surface area (Å²) in [4.78, 5) is 20.5. The summed E-state index contributed by atoms with van der Waals surface area (Å²) in [5, 5.41) is 6.02. The van der Waals surface area contributed by atoms with Gasteiger partial charge >= 0.3 is 0 Å². The van der Waals surface area contributed by atoms with Crippen LogP contribution < -0.4 is 10.6 Å². The fourth-order valence-corrected chi connectivity index (χ4v) is 2.41. The molecule has 1 fully saturated rings. The molecular weight excluding hydrogens is 240 g/mol. The van der Waals surface area contributed by atoms with E-state index in [1.54, 1.807) is 7.05 Å². The molecule has 2 rings (SSSR count). The number of amides is 1. The lowest BCUT2D eigenvalue weighted by molar-refractivity contribution is -0.120. The highest BCUT2D eigenvalue weighted by atomic mass is 16.1. The first-order valence-corrected chi connectivity index (χ1v) is 6.95. The molecule has 0 saturated carbocycles. The molecule has 0 bridgehead atoms. The third-order valence-corrected chi connectivity index (χ3v) is 3.47. The number of nitrogens with one attached hydrogen (secondary N) is 2. The molecule has 2 N–H and O–H groups in total. The highest BCUT2D eigenvalue weighted by Crippen LogP contribution is 2.20. The number of aryl methyl sites for hydroxylation is 2. The maximum Gasteiger partial charge on any atom is 0.220 e. The molecule has 0 radical (unpaired) electrons. The Labute approximate surface area is 114 Å². The Bertz CT molecular complexity index is 441. The summed E-state index contributed by atoms with van der Waals surface area (Å²) in [6.45, 7) is 4.04. The van der Waals surface area contributed by atoms with Crippen molar-refractivity contribution in [1.82, 2.24) is 20.6 Å². The van der Waals surface area contributed by atoms with Gasteiger partial charge in [-0.1, -0.05) is 0 Å². The Morgan fingerprint density at radius 1 is 1.53 bits per heavy atom. The monoisotopic (exact) mass is 262 g/mol. The molecule has 1 aromatic heterocycles. The lowest BCUT2D eigenvalue weighted by atomic mass is 9.98. The molecule has 1 atom stereocenters. The van der Waals surface area contributed by atoms with Gasteiger partial charge in [-0.3, -0.25) is 4.79 Å². The van der Waals surface area contributed by atoms with Crippen LogP contribution in [0.4, 0.5) is 0 Å². The topological polar surface area (TPSA) is 66.9 Å². The molecule has 1 aromatic rings. The van der Waals surface area contributed by atoms with E-state index in [9.17, 15) is 4.79 Å². The maximum atomic E-state index is 11.3. The first-order chi connectivity index (χ1) is 9.19. The number of aromatic nitrogens is 2. The molecule has 5 heteroatoms. The van der Waals surface area contributed by atoms with Crippen LogP contribution in [-0.2, 0) is 11.2 Å². The second kappa shape index (κ2) is 6.61. The van der Waals surface area contributed by atoms with Gasteiger partial charge in [-0.25, -0.2) is 9.97 Å². The largest absolute Gasteiger partial charge is 0.359 e. The summed E-state index contributed by atoms with van der Waals surface area (Å²) >= 11 is 0. The van der Waals surface area contributed by atoms with Crippen molar-refractivity contribution in [3.8, 4) is 0 Å². The van der Waals surface area contributed by atoms with Crippen LogP contribution in [0, 0.1) is 6.92 Å². The van der Waals surface area contributed by atoms with Gasteiger partial charge in [-0.05, 0) is 38.8 Å². The lowest BCUT2D eigenvalue weighted by Crippen LogP contribution is -2.29. The average Bonchev–Trinajstić information content (AvgIpc) is 2.45. The van der Waals surface area contributed by atoms with E-state index < -0.39 is 0 Å². The third kappa shape index (κ3) is 3.99. The Hall–Kier alpha value is -1.49. The Balaban J connectivity index is 2.07. The van der Waals surface area contributed by atoms with Gasteiger partial charge in [0, 0.05) is 37.3 Å². The first kappa shape index (κ1) is 13.9. The number of hydrogen-bond acceptors (Lipinski definition) is 4. The van der Waals surface area contributed by atoms with Crippen LogP contribution in [0.1, 0.15) is 42.4 Å². The van der Waals surface area contributed by atoms with Crippen LogP contribution in [0.15, 0.2) is 6.07 Å². The van der Waals surface area contributed by atoms with E-state index in [-0.39, 0.29) is 5.91 Å². The molecule has 0 aliphatic carbocycles. The maximum absolute atomic E-state index is 11.3. The van der Waals surface area contributed by atoms with Crippen LogP contribution in [0.25, 0.3) is 0 Å². The van der Waals surface area contributed by atoms with Gasteiger partial charge in [0.25, 0.3) is 0 Å². The molecule has 1 saturated heterocycles. The van der Waals surface area contributed by atoms with Crippen molar-refractivity contribution in [2.24, 2.45) is 0 Å². The number of rotatable bonds is 4. The lowest BCUT2D eigenvalue weighted by Gasteiger charge is -2.22. The minimum absolute atomic E-state index is 0.0529. The summed E-state index contributed by atoms with van der Waals surface area (Å²) in [7, 11) is 1.66. The van der Waals surface area contributed by atoms with Crippen molar-refractivity contribution in [2.45, 2.75) is 38.5 Å². The first-order valence-electron chi connectivity index (χ1n) is 6.95. The molecule has 19 heavy (non-hydrogen) atoms. The van der Waals surface area contributed by atoms with Gasteiger partial charge < -0.3 is 10.6 Å². The van der Waals surface area contributed by atoms with Gasteiger partial charge in [-0.15, -0.1) is 0 Å². The number of carbonyl (C=O) groups is 1. The van der Waals surface area contributed by atoms with Crippen molar-refractivity contribution in [3.63, 3.8) is 0 Å². The Morgan fingerprint density at radius 2 is 2.37 bits per heavy atom. The van der Waals surface area contributed by atoms with Gasteiger partial charge in [0.15, 0.2) is 0 Å². The van der Waals surface area contributed by atoms with E-state index in [0.717, 1.165) is 36.7 Å². The van der Waals surface area contributed by atoms with E-state index in [4.69, 9.17) is 0 Å². The van der Waals surface area contributed by atoms with E-state index in [1.165, 1.54) is 6.42 Å². The zero-order chi connectivity index (χ0) is 13.7. The summed E-state index contributed by atoms with van der Waals surface area (Å²) in [6, 6.07) is 1.97. The number of hydrogen-bond donors (Lipinski definition) is 2. The van der Waals surface area contributed by atoms with Crippen molar-refractivity contribution < 1.29 is 4.79 Å². The molecule has 1 aliphatic rings. The molecule has 0 aromatic carbocycles. The number of nitrogens with zero attached hydrogens (tertiary/aromatic N) is 2. The van der Waals surface area contributed by atoms with Crippen molar-refractivity contribution in [3.05, 3.63) is 23.3 Å². The van der Waals surface area contributed by atoms with Crippen molar-refractivity contribution in [1.29, 1.82) is 0 Å². The molecule has 2 heterocycles. The second-order valence-electron chi connectivity index (χ2n) is 5.08. The Morgan fingerprint density at radius 3 is 3.05 bits per heavy atom. The van der Waals surface area contributed by atoms with Crippen LogP contribution in [0.3, 0.4) is 0 Å². The zero-order valence-corrected chi connectivity index (χ0v) is 11.7. The normalized spacial score (nSPS) is 19.2. The van der Waals surface area contributed by atoms with Gasteiger partial charge in [-0.2, -0.15) is 0 Å². The summed E-state index contributed by atoms with van der Waals surface area (Å²) in [5.74, 6) is 1.39. The second-order valence-corrected chi connectivity index (χ2v) is 5.08. The Kier molecular flexibility index (Phi) is 4.85. The smallest absolute Gasteiger partial charge is 0.220 e. The van der Waals surface area contributed by atoms with Crippen molar-refractivity contribution >= 4 is 5.91 Å². The predicted octanol–water partition coefficient (Wildman–Crippen LogP) is 0.931. The predicted molar refractivity (Wildman–Crippen MR) is 74.0 cm³/mol. The SMILES string of the molecule is CNC(=O)CCc1cc(C)nc(C2CCCNC2)n1. The van der Waals surface area contributed by atoms with E-state index >= 15 is 0 Å². The summed E-state index contributed by atoms with van der Waals surface area (Å²) in [5.41, 5.74) is 1.96. The molecule has 0 spiro atoms. The quantitative estimate of drug-likeness (QED) is 0.847. The third-order valence-electron chi connectivity index (χ3n) is 3.47. The molecular formula is C14H22N4O. The van der Waals surface area contributed by atoms with Crippen LogP contribution in [0.5, 0.6) is 0 Å². The minimum atomic E-state index is 0.0529. The van der Waals surface area contributed by atoms with E-state index in [1.807, 2.05) is 13.0 Å². The molecule has 1 aliphatic heterocycles. The number of carbonyl (C=O) groups excluding carboxylic acids is 1. The van der Waals surface area contributed by atoms with Crippen molar-refractivity contribution in [2.75, 3.05) is 20.1 Å². The van der Waals surface area contributed by atoms with Crippen LogP contribution >= 0.6 is 0 Å². The van der Waals surface area contributed by atoms with Gasteiger partial charge in [0.1, 0.15) is 5.82 Å². The summed E-state index contributed by atoms with van der Waals surface area (Å²) < 4.78 is 0. The van der Waals surface area contributed by atoms with Crippen LogP contribution in [0.2, 0.25) is 0 Å². The fourth-order valence-electron chi connectivity index (χ4n) is 2.41.